The number of carbonyl (C=O) groups is 1. The highest BCUT2D eigenvalue weighted by atomic mass is 16.1. The average Bonchev–Trinajstić information content (AvgIpc) is 1.93. The summed E-state index contributed by atoms with van der Waals surface area (Å²) in [7, 11) is 0. The molecule has 0 spiro atoms. The van der Waals surface area contributed by atoms with E-state index in [1.807, 2.05) is 12.2 Å². The molecule has 0 saturated carbocycles. The SMILES string of the molecule is NC(=O)CN1C=CC=CC1N. The Labute approximate surface area is 65.1 Å². The van der Waals surface area contributed by atoms with Crippen molar-refractivity contribution >= 4 is 5.91 Å². The van der Waals surface area contributed by atoms with Gasteiger partial charge in [0.2, 0.25) is 5.91 Å². The lowest BCUT2D eigenvalue weighted by atomic mass is 10.3. The minimum atomic E-state index is -0.375. The van der Waals surface area contributed by atoms with Crippen LogP contribution in [-0.2, 0) is 4.79 Å². The highest BCUT2D eigenvalue weighted by Crippen LogP contribution is 2.01. The summed E-state index contributed by atoms with van der Waals surface area (Å²) < 4.78 is 0. The maximum Gasteiger partial charge on any atom is 0.236 e. The van der Waals surface area contributed by atoms with Crippen molar-refractivity contribution in [1.29, 1.82) is 0 Å². The molecule has 1 aliphatic heterocycles. The van der Waals surface area contributed by atoms with Gasteiger partial charge in [-0.2, -0.15) is 0 Å². The maximum atomic E-state index is 10.5. The van der Waals surface area contributed by atoms with Crippen LogP contribution in [0.4, 0.5) is 0 Å². The largest absolute Gasteiger partial charge is 0.368 e. The summed E-state index contributed by atoms with van der Waals surface area (Å²) >= 11 is 0. The molecule has 0 aromatic rings. The number of hydrogen-bond acceptors (Lipinski definition) is 3. The monoisotopic (exact) mass is 153 g/mol. The van der Waals surface area contributed by atoms with Crippen LogP contribution in [0.25, 0.3) is 0 Å². The van der Waals surface area contributed by atoms with Crippen LogP contribution in [0.2, 0.25) is 0 Å². The normalized spacial score (nSPS) is 22.3. The summed E-state index contributed by atoms with van der Waals surface area (Å²) in [5.41, 5.74) is 10.6. The van der Waals surface area contributed by atoms with Crippen molar-refractivity contribution in [2.45, 2.75) is 6.17 Å². The zero-order valence-electron chi connectivity index (χ0n) is 6.10. The molecule has 0 aliphatic carbocycles. The number of rotatable bonds is 2. The van der Waals surface area contributed by atoms with Gasteiger partial charge in [-0.1, -0.05) is 6.08 Å². The fraction of sp³-hybridized carbons (Fsp3) is 0.286. The van der Waals surface area contributed by atoms with Crippen LogP contribution in [0.15, 0.2) is 24.4 Å². The van der Waals surface area contributed by atoms with Crippen LogP contribution in [0.5, 0.6) is 0 Å². The molecular formula is C7H11N3O. The van der Waals surface area contributed by atoms with Crippen LogP contribution in [-0.4, -0.2) is 23.5 Å². The number of amides is 1. The van der Waals surface area contributed by atoms with Gasteiger partial charge < -0.3 is 16.4 Å². The Morgan fingerprint density at radius 3 is 2.82 bits per heavy atom. The second-order valence-electron chi connectivity index (χ2n) is 2.36. The predicted molar refractivity (Wildman–Crippen MR) is 42.2 cm³/mol. The summed E-state index contributed by atoms with van der Waals surface area (Å²) in [6.07, 6.45) is 6.96. The summed E-state index contributed by atoms with van der Waals surface area (Å²) in [5, 5.41) is 0. The van der Waals surface area contributed by atoms with E-state index >= 15 is 0 Å². The van der Waals surface area contributed by atoms with E-state index in [4.69, 9.17) is 11.5 Å². The molecule has 11 heavy (non-hydrogen) atoms. The minimum Gasteiger partial charge on any atom is -0.368 e. The summed E-state index contributed by atoms with van der Waals surface area (Å²) in [6, 6.07) is 0. The number of nitrogens with zero attached hydrogens (tertiary/aromatic N) is 1. The second-order valence-corrected chi connectivity index (χ2v) is 2.36. The standard InChI is InChI=1S/C7H11N3O/c8-6-3-1-2-4-10(6)5-7(9)11/h1-4,6H,5,8H2,(H2,9,11). The Hall–Kier alpha value is -1.29. The van der Waals surface area contributed by atoms with E-state index in [1.165, 1.54) is 0 Å². The van der Waals surface area contributed by atoms with E-state index in [0.29, 0.717) is 0 Å². The molecule has 1 rings (SSSR count). The van der Waals surface area contributed by atoms with Gasteiger partial charge in [0.1, 0.15) is 0 Å². The lowest BCUT2D eigenvalue weighted by Gasteiger charge is -2.25. The molecule has 0 aromatic carbocycles. The van der Waals surface area contributed by atoms with Crippen LogP contribution >= 0.6 is 0 Å². The lowest BCUT2D eigenvalue weighted by Crippen LogP contribution is -2.42. The molecule has 0 aromatic heterocycles. The van der Waals surface area contributed by atoms with E-state index < -0.39 is 0 Å². The van der Waals surface area contributed by atoms with Crippen molar-refractivity contribution in [2.24, 2.45) is 11.5 Å². The van der Waals surface area contributed by atoms with Crippen LogP contribution in [0, 0.1) is 0 Å². The van der Waals surface area contributed by atoms with Gasteiger partial charge in [0.05, 0.1) is 12.7 Å². The van der Waals surface area contributed by atoms with E-state index in [-0.39, 0.29) is 18.6 Å². The van der Waals surface area contributed by atoms with Gasteiger partial charge in [-0.25, -0.2) is 0 Å². The van der Waals surface area contributed by atoms with Gasteiger partial charge in [0.15, 0.2) is 0 Å². The molecule has 1 amide bonds. The third-order valence-corrected chi connectivity index (χ3v) is 1.42. The molecule has 1 unspecified atom stereocenters. The molecule has 1 aliphatic rings. The molecular weight excluding hydrogens is 142 g/mol. The van der Waals surface area contributed by atoms with Gasteiger partial charge in [0.25, 0.3) is 0 Å². The highest BCUT2D eigenvalue weighted by molar-refractivity contribution is 5.76. The van der Waals surface area contributed by atoms with Gasteiger partial charge in [0, 0.05) is 6.20 Å². The van der Waals surface area contributed by atoms with E-state index in [0.717, 1.165) is 0 Å². The number of carbonyl (C=O) groups excluding carboxylic acids is 1. The van der Waals surface area contributed by atoms with Gasteiger partial charge in [-0.05, 0) is 12.2 Å². The molecule has 0 radical (unpaired) electrons. The second kappa shape index (κ2) is 3.21. The Morgan fingerprint density at radius 2 is 2.27 bits per heavy atom. The molecule has 1 heterocycles. The molecule has 1 atom stereocenters. The van der Waals surface area contributed by atoms with Gasteiger partial charge in [-0.15, -0.1) is 0 Å². The first kappa shape index (κ1) is 7.81. The zero-order valence-corrected chi connectivity index (χ0v) is 6.10. The third kappa shape index (κ3) is 2.09. The molecule has 4 N–H and O–H groups in total. The van der Waals surface area contributed by atoms with E-state index in [2.05, 4.69) is 0 Å². The van der Waals surface area contributed by atoms with Crippen molar-refractivity contribution in [2.75, 3.05) is 6.54 Å². The minimum absolute atomic E-state index is 0.169. The van der Waals surface area contributed by atoms with Crippen LogP contribution < -0.4 is 11.5 Å². The van der Waals surface area contributed by atoms with Crippen molar-refractivity contribution in [3.63, 3.8) is 0 Å². The molecule has 60 valence electrons. The first-order valence-corrected chi connectivity index (χ1v) is 3.35. The first-order valence-electron chi connectivity index (χ1n) is 3.35. The number of primary amides is 1. The maximum absolute atomic E-state index is 10.5. The number of nitrogens with two attached hydrogens (primary N) is 2. The third-order valence-electron chi connectivity index (χ3n) is 1.42. The molecule has 4 heteroatoms. The molecule has 0 saturated heterocycles. The van der Waals surface area contributed by atoms with Crippen LogP contribution in [0.3, 0.4) is 0 Å². The summed E-state index contributed by atoms with van der Waals surface area (Å²) in [4.78, 5) is 12.1. The number of hydrogen-bond donors (Lipinski definition) is 2. The molecule has 0 bridgehead atoms. The lowest BCUT2D eigenvalue weighted by molar-refractivity contribution is -0.118. The Kier molecular flexibility index (Phi) is 2.28. The highest BCUT2D eigenvalue weighted by Gasteiger charge is 2.10. The van der Waals surface area contributed by atoms with Gasteiger partial charge in [-0.3, -0.25) is 4.79 Å². The van der Waals surface area contributed by atoms with Crippen molar-refractivity contribution in [3.8, 4) is 0 Å². The van der Waals surface area contributed by atoms with Crippen molar-refractivity contribution < 1.29 is 4.79 Å². The zero-order chi connectivity index (χ0) is 8.27. The molecule has 0 fully saturated rings. The topological polar surface area (TPSA) is 72.4 Å². The average molecular weight is 153 g/mol. The van der Waals surface area contributed by atoms with Crippen LogP contribution in [0.1, 0.15) is 0 Å². The van der Waals surface area contributed by atoms with Crippen molar-refractivity contribution in [3.05, 3.63) is 24.4 Å². The summed E-state index contributed by atoms with van der Waals surface area (Å²) in [6.45, 7) is 0.169. The fourth-order valence-electron chi connectivity index (χ4n) is 0.886. The Balaban J connectivity index is 2.52. The van der Waals surface area contributed by atoms with Gasteiger partial charge >= 0.3 is 0 Å². The van der Waals surface area contributed by atoms with Crippen molar-refractivity contribution in [1.82, 2.24) is 4.90 Å². The quantitative estimate of drug-likeness (QED) is 0.542. The molecule has 4 nitrogen and oxygen atoms in total. The fourth-order valence-corrected chi connectivity index (χ4v) is 0.886. The first-order chi connectivity index (χ1) is 5.20. The Bertz CT molecular complexity index is 210. The van der Waals surface area contributed by atoms with E-state index in [9.17, 15) is 4.79 Å². The smallest absolute Gasteiger partial charge is 0.236 e. The van der Waals surface area contributed by atoms with E-state index in [1.54, 1.807) is 17.2 Å². The number of allylic oxidation sites excluding steroid dienone is 2. The summed E-state index contributed by atoms with van der Waals surface area (Å²) in [5.74, 6) is -0.375. The Morgan fingerprint density at radius 1 is 1.55 bits per heavy atom. The predicted octanol–water partition coefficient (Wildman–Crippen LogP) is -0.858.